The SMILES string of the molecule is O=[C]CCc1nc(-c2ccccc2)c(-c2ccccc2)o1. The fourth-order valence-corrected chi connectivity index (χ4v) is 2.21. The summed E-state index contributed by atoms with van der Waals surface area (Å²) in [6, 6.07) is 19.8. The smallest absolute Gasteiger partial charge is 0.198 e. The van der Waals surface area contributed by atoms with Crippen LogP contribution >= 0.6 is 0 Å². The van der Waals surface area contributed by atoms with Crippen LogP contribution in [0.15, 0.2) is 65.1 Å². The van der Waals surface area contributed by atoms with E-state index in [0.29, 0.717) is 18.7 Å². The Morgan fingerprint density at radius 1 is 0.905 bits per heavy atom. The third kappa shape index (κ3) is 2.92. The van der Waals surface area contributed by atoms with Crippen molar-refractivity contribution in [3.63, 3.8) is 0 Å². The van der Waals surface area contributed by atoms with E-state index in [1.165, 1.54) is 0 Å². The van der Waals surface area contributed by atoms with Crippen molar-refractivity contribution in [1.82, 2.24) is 4.98 Å². The molecule has 0 fully saturated rings. The minimum Gasteiger partial charge on any atom is -0.440 e. The van der Waals surface area contributed by atoms with Gasteiger partial charge in [0.05, 0.1) is 0 Å². The van der Waals surface area contributed by atoms with Crippen molar-refractivity contribution in [1.29, 1.82) is 0 Å². The first kappa shape index (κ1) is 13.3. The standard InChI is InChI=1S/C18H14NO2/c20-13-7-12-16-19-17(14-8-3-1-4-9-14)18(21-16)15-10-5-2-6-11-15/h1-6,8-11H,7,12H2. The summed E-state index contributed by atoms with van der Waals surface area (Å²) in [5, 5.41) is 0. The summed E-state index contributed by atoms with van der Waals surface area (Å²) in [6.45, 7) is 0. The predicted molar refractivity (Wildman–Crippen MR) is 81.4 cm³/mol. The fourth-order valence-electron chi connectivity index (χ4n) is 2.21. The molecule has 0 unspecified atom stereocenters. The van der Waals surface area contributed by atoms with Crippen LogP contribution in [0.5, 0.6) is 0 Å². The molecule has 0 spiro atoms. The number of rotatable bonds is 5. The molecule has 0 aliphatic rings. The number of benzene rings is 2. The van der Waals surface area contributed by atoms with Gasteiger partial charge in [0.2, 0.25) is 0 Å². The van der Waals surface area contributed by atoms with E-state index in [4.69, 9.17) is 4.42 Å². The lowest BCUT2D eigenvalue weighted by Crippen LogP contribution is -1.86. The Morgan fingerprint density at radius 2 is 1.52 bits per heavy atom. The maximum absolute atomic E-state index is 10.4. The van der Waals surface area contributed by atoms with Crippen LogP contribution in [-0.4, -0.2) is 11.3 Å². The average molecular weight is 276 g/mol. The van der Waals surface area contributed by atoms with Gasteiger partial charge in [-0.05, 0) is 0 Å². The monoisotopic (exact) mass is 276 g/mol. The number of hydrogen-bond donors (Lipinski definition) is 0. The summed E-state index contributed by atoms with van der Waals surface area (Å²) in [7, 11) is 0. The van der Waals surface area contributed by atoms with Gasteiger partial charge >= 0.3 is 0 Å². The van der Waals surface area contributed by atoms with E-state index in [9.17, 15) is 4.79 Å². The summed E-state index contributed by atoms with van der Waals surface area (Å²) >= 11 is 0. The summed E-state index contributed by atoms with van der Waals surface area (Å²) in [5.41, 5.74) is 2.79. The second kappa shape index (κ2) is 6.18. The average Bonchev–Trinajstić information content (AvgIpc) is 2.99. The molecule has 0 aliphatic heterocycles. The second-order valence-corrected chi connectivity index (χ2v) is 4.66. The molecule has 1 aromatic heterocycles. The Hall–Kier alpha value is -2.68. The van der Waals surface area contributed by atoms with Crippen LogP contribution in [0.25, 0.3) is 22.6 Å². The maximum atomic E-state index is 10.4. The zero-order valence-electron chi connectivity index (χ0n) is 11.5. The first-order valence-electron chi connectivity index (χ1n) is 6.84. The highest BCUT2D eigenvalue weighted by Crippen LogP contribution is 2.32. The van der Waals surface area contributed by atoms with Gasteiger partial charge in [-0.15, -0.1) is 0 Å². The van der Waals surface area contributed by atoms with Gasteiger partial charge in [0.1, 0.15) is 5.69 Å². The van der Waals surface area contributed by atoms with Gasteiger partial charge in [0.25, 0.3) is 0 Å². The molecule has 0 aliphatic carbocycles. The summed E-state index contributed by atoms with van der Waals surface area (Å²) in [6.07, 6.45) is 2.64. The van der Waals surface area contributed by atoms with Crippen LogP contribution < -0.4 is 0 Å². The molecule has 0 bridgehead atoms. The van der Waals surface area contributed by atoms with E-state index in [0.717, 1.165) is 22.6 Å². The van der Waals surface area contributed by atoms with Gasteiger partial charge in [0.15, 0.2) is 17.9 Å². The Kier molecular flexibility index (Phi) is 3.92. The van der Waals surface area contributed by atoms with Gasteiger partial charge < -0.3 is 4.42 Å². The van der Waals surface area contributed by atoms with Crippen LogP contribution in [0, 0.1) is 0 Å². The molecule has 2 aromatic carbocycles. The van der Waals surface area contributed by atoms with Crippen molar-refractivity contribution in [3.05, 3.63) is 66.6 Å². The Bertz CT molecular complexity index is 660. The lowest BCUT2D eigenvalue weighted by Gasteiger charge is -2.00. The normalized spacial score (nSPS) is 10.5. The first-order chi connectivity index (χ1) is 10.4. The van der Waals surface area contributed by atoms with Crippen LogP contribution in [0.1, 0.15) is 12.3 Å². The van der Waals surface area contributed by atoms with Crippen molar-refractivity contribution in [3.8, 4) is 22.6 Å². The molecule has 0 saturated heterocycles. The number of oxazole rings is 1. The zero-order valence-corrected chi connectivity index (χ0v) is 11.5. The van der Waals surface area contributed by atoms with Gasteiger partial charge in [0, 0.05) is 24.0 Å². The van der Waals surface area contributed by atoms with Gasteiger partial charge in [-0.25, -0.2) is 4.98 Å². The fraction of sp³-hybridized carbons (Fsp3) is 0.111. The van der Waals surface area contributed by atoms with Crippen LogP contribution in [0.3, 0.4) is 0 Å². The molecule has 0 saturated carbocycles. The van der Waals surface area contributed by atoms with Gasteiger partial charge in [-0.3, -0.25) is 4.79 Å². The van der Waals surface area contributed by atoms with Crippen molar-refractivity contribution < 1.29 is 9.21 Å². The zero-order chi connectivity index (χ0) is 14.5. The molecule has 3 nitrogen and oxygen atoms in total. The third-order valence-electron chi connectivity index (χ3n) is 3.20. The number of carbonyl (C=O) groups excluding carboxylic acids is 1. The molecule has 3 aromatic rings. The van der Waals surface area contributed by atoms with Crippen molar-refractivity contribution in [2.24, 2.45) is 0 Å². The topological polar surface area (TPSA) is 43.1 Å². The van der Waals surface area contributed by atoms with Crippen LogP contribution in [-0.2, 0) is 11.2 Å². The van der Waals surface area contributed by atoms with Crippen molar-refractivity contribution >= 4 is 6.29 Å². The highest BCUT2D eigenvalue weighted by molar-refractivity contribution is 5.76. The predicted octanol–water partition coefficient (Wildman–Crippen LogP) is 4.05. The third-order valence-corrected chi connectivity index (χ3v) is 3.20. The van der Waals surface area contributed by atoms with E-state index < -0.39 is 0 Å². The van der Waals surface area contributed by atoms with Crippen molar-refractivity contribution in [2.75, 3.05) is 0 Å². The molecule has 1 radical (unpaired) electrons. The van der Waals surface area contributed by atoms with E-state index in [1.807, 2.05) is 66.9 Å². The van der Waals surface area contributed by atoms with Crippen molar-refractivity contribution in [2.45, 2.75) is 12.8 Å². The molecule has 21 heavy (non-hydrogen) atoms. The van der Waals surface area contributed by atoms with Crippen LogP contribution in [0.4, 0.5) is 0 Å². The number of aromatic nitrogens is 1. The molecular formula is C18H14NO2. The highest BCUT2D eigenvalue weighted by Gasteiger charge is 2.16. The lowest BCUT2D eigenvalue weighted by molar-refractivity contribution is 0.501. The summed E-state index contributed by atoms with van der Waals surface area (Å²) in [4.78, 5) is 15.0. The minimum absolute atomic E-state index is 0.295. The van der Waals surface area contributed by atoms with Gasteiger partial charge in [-0.1, -0.05) is 60.7 Å². The molecule has 3 heteroatoms. The van der Waals surface area contributed by atoms with Gasteiger partial charge in [-0.2, -0.15) is 0 Å². The maximum Gasteiger partial charge on any atom is 0.198 e. The number of nitrogens with zero attached hydrogens (tertiary/aromatic N) is 1. The summed E-state index contributed by atoms with van der Waals surface area (Å²) < 4.78 is 5.87. The molecule has 3 rings (SSSR count). The molecule has 103 valence electrons. The minimum atomic E-state index is 0.295. The molecule has 1 heterocycles. The Morgan fingerprint density at radius 3 is 2.14 bits per heavy atom. The molecular weight excluding hydrogens is 262 g/mol. The largest absolute Gasteiger partial charge is 0.440 e. The first-order valence-corrected chi connectivity index (χ1v) is 6.84. The van der Waals surface area contributed by atoms with E-state index in [1.54, 1.807) is 0 Å². The quantitative estimate of drug-likeness (QED) is 0.706. The Labute approximate surface area is 123 Å². The molecule has 0 amide bonds. The second-order valence-electron chi connectivity index (χ2n) is 4.66. The van der Waals surface area contributed by atoms with E-state index in [2.05, 4.69) is 4.98 Å². The Balaban J connectivity index is 2.08. The van der Waals surface area contributed by atoms with Crippen LogP contribution in [0.2, 0.25) is 0 Å². The lowest BCUT2D eigenvalue weighted by atomic mass is 10.1. The number of aryl methyl sites for hydroxylation is 1. The summed E-state index contributed by atoms with van der Waals surface area (Å²) in [5.74, 6) is 1.30. The highest BCUT2D eigenvalue weighted by atomic mass is 16.4. The van der Waals surface area contributed by atoms with E-state index in [-0.39, 0.29) is 0 Å². The number of hydrogen-bond acceptors (Lipinski definition) is 3. The molecule has 0 N–H and O–H groups in total. The van der Waals surface area contributed by atoms with E-state index >= 15 is 0 Å². The molecule has 0 atom stereocenters.